The van der Waals surface area contributed by atoms with Crippen LogP contribution in [0.5, 0.6) is 0 Å². The summed E-state index contributed by atoms with van der Waals surface area (Å²) in [4.78, 5) is 31.7. The fourth-order valence-corrected chi connectivity index (χ4v) is 4.05. The number of hydrogen-bond acceptors (Lipinski definition) is 3. The van der Waals surface area contributed by atoms with Crippen molar-refractivity contribution in [1.82, 2.24) is 19.1 Å². The molecule has 7 heteroatoms. The molecule has 0 saturated heterocycles. The van der Waals surface area contributed by atoms with Gasteiger partial charge in [-0.05, 0) is 26.0 Å². The van der Waals surface area contributed by atoms with Crippen LogP contribution in [0.1, 0.15) is 12.6 Å². The molecule has 0 aliphatic rings. The van der Waals surface area contributed by atoms with Gasteiger partial charge in [0.25, 0.3) is 0 Å². The van der Waals surface area contributed by atoms with Crippen LogP contribution in [-0.4, -0.2) is 31.8 Å². The Labute approximate surface area is 171 Å². The van der Waals surface area contributed by atoms with Gasteiger partial charge in [-0.15, -0.1) is 0 Å². The smallest absolute Gasteiger partial charge is 0.418 e. The maximum atomic E-state index is 13.0. The maximum Gasteiger partial charge on any atom is 0.418 e. The number of nitrogens with zero attached hydrogens (tertiary/aromatic N) is 2. The lowest BCUT2D eigenvalue weighted by Crippen LogP contribution is -2.16. The third-order valence-electron chi connectivity index (χ3n) is 5.32. The second kappa shape index (κ2) is 6.81. The largest absolute Gasteiger partial charge is 0.449 e. The average molecular weight is 400 g/mol. The van der Waals surface area contributed by atoms with Crippen LogP contribution < -0.4 is 5.69 Å². The van der Waals surface area contributed by atoms with Crippen molar-refractivity contribution < 1.29 is 9.53 Å². The van der Waals surface area contributed by atoms with Crippen molar-refractivity contribution in [2.45, 2.75) is 13.8 Å². The van der Waals surface area contributed by atoms with Gasteiger partial charge in [-0.3, -0.25) is 9.13 Å². The molecule has 2 aromatic carbocycles. The first-order valence-electron chi connectivity index (χ1n) is 9.76. The molecule has 3 aromatic heterocycles. The Morgan fingerprint density at radius 1 is 1.07 bits per heavy atom. The Hall–Kier alpha value is -4.00. The van der Waals surface area contributed by atoms with Crippen molar-refractivity contribution in [3.63, 3.8) is 0 Å². The van der Waals surface area contributed by atoms with E-state index in [1.807, 2.05) is 61.7 Å². The van der Waals surface area contributed by atoms with E-state index in [2.05, 4.69) is 9.97 Å². The minimum atomic E-state index is -0.478. The van der Waals surface area contributed by atoms with E-state index in [4.69, 9.17) is 4.74 Å². The van der Waals surface area contributed by atoms with Gasteiger partial charge in [0.05, 0.1) is 23.5 Å². The number of carbonyl (C=O) groups excluding carboxylic acids is 1. The Balaban J connectivity index is 1.82. The number of ether oxygens (including phenoxy) is 1. The fourth-order valence-electron chi connectivity index (χ4n) is 4.05. The van der Waals surface area contributed by atoms with Gasteiger partial charge in [0.1, 0.15) is 0 Å². The monoisotopic (exact) mass is 400 g/mol. The van der Waals surface area contributed by atoms with Gasteiger partial charge < -0.3 is 14.7 Å². The van der Waals surface area contributed by atoms with E-state index in [-0.39, 0.29) is 12.3 Å². The summed E-state index contributed by atoms with van der Waals surface area (Å²) in [5, 5.41) is 1.80. The number of aryl methyl sites for hydroxylation is 1. The molecule has 0 bridgehead atoms. The van der Waals surface area contributed by atoms with Gasteiger partial charge in [-0.2, -0.15) is 0 Å². The first-order valence-corrected chi connectivity index (χ1v) is 9.76. The number of aromatic nitrogens is 4. The lowest BCUT2D eigenvalue weighted by Gasteiger charge is -2.07. The molecule has 0 aliphatic heterocycles. The number of fused-ring (bicyclic) bond motifs is 2. The maximum absolute atomic E-state index is 13.0. The average Bonchev–Trinajstić information content (AvgIpc) is 3.41. The molecule has 0 spiro atoms. The minimum Gasteiger partial charge on any atom is -0.449 e. The van der Waals surface area contributed by atoms with Crippen LogP contribution in [0, 0.1) is 6.92 Å². The highest BCUT2D eigenvalue weighted by molar-refractivity contribution is 5.98. The number of nitrogens with one attached hydrogen (secondary N) is 2. The molecule has 0 aliphatic carbocycles. The van der Waals surface area contributed by atoms with E-state index in [0.717, 1.165) is 33.2 Å². The standard InChI is InChI=1S/C23H20N4O3/c1-3-30-23(29)26-13-20(16-9-5-7-11-19(16)26)27-21(14(2)25-22(27)28)17-12-24-18-10-6-4-8-15(17)18/h4-13,24H,3H2,1-2H3,(H,25,28). The summed E-state index contributed by atoms with van der Waals surface area (Å²) in [6.07, 6.45) is 3.09. The summed E-state index contributed by atoms with van der Waals surface area (Å²) < 4.78 is 8.28. The number of aromatic amines is 2. The number of rotatable bonds is 3. The van der Waals surface area contributed by atoms with Gasteiger partial charge in [0.15, 0.2) is 0 Å². The third kappa shape index (κ3) is 2.59. The molecule has 5 aromatic rings. The van der Waals surface area contributed by atoms with E-state index in [1.165, 1.54) is 4.57 Å². The Morgan fingerprint density at radius 2 is 1.80 bits per heavy atom. The zero-order valence-electron chi connectivity index (χ0n) is 16.6. The van der Waals surface area contributed by atoms with Crippen molar-refractivity contribution in [2.24, 2.45) is 0 Å². The molecule has 5 rings (SSSR count). The number of hydrogen-bond donors (Lipinski definition) is 2. The van der Waals surface area contributed by atoms with Gasteiger partial charge >= 0.3 is 11.8 Å². The van der Waals surface area contributed by atoms with Gasteiger partial charge in [-0.1, -0.05) is 36.4 Å². The van der Waals surface area contributed by atoms with Crippen molar-refractivity contribution in [2.75, 3.05) is 6.61 Å². The molecule has 3 heterocycles. The topological polar surface area (TPSA) is 84.8 Å². The normalized spacial score (nSPS) is 11.4. The van der Waals surface area contributed by atoms with Crippen LogP contribution in [-0.2, 0) is 4.74 Å². The molecule has 30 heavy (non-hydrogen) atoms. The van der Waals surface area contributed by atoms with E-state index in [0.29, 0.717) is 11.2 Å². The van der Waals surface area contributed by atoms with Crippen LogP contribution >= 0.6 is 0 Å². The zero-order chi connectivity index (χ0) is 20.8. The predicted octanol–water partition coefficient (Wildman–Crippen LogP) is 4.58. The first kappa shape index (κ1) is 18.1. The summed E-state index contributed by atoms with van der Waals surface area (Å²) >= 11 is 0. The van der Waals surface area contributed by atoms with Crippen LogP contribution in [0.25, 0.3) is 38.8 Å². The summed E-state index contributed by atoms with van der Waals surface area (Å²) in [7, 11) is 0. The first-order chi connectivity index (χ1) is 14.6. The number of carbonyl (C=O) groups is 1. The van der Waals surface area contributed by atoms with E-state index < -0.39 is 6.09 Å². The van der Waals surface area contributed by atoms with Gasteiger partial charge in [0.2, 0.25) is 0 Å². The highest BCUT2D eigenvalue weighted by Gasteiger charge is 2.22. The molecule has 0 saturated carbocycles. The lowest BCUT2D eigenvalue weighted by molar-refractivity contribution is 0.155. The fraction of sp³-hybridized carbons (Fsp3) is 0.130. The molecule has 0 amide bonds. The predicted molar refractivity (Wildman–Crippen MR) is 116 cm³/mol. The molecule has 2 N–H and O–H groups in total. The second-order valence-electron chi connectivity index (χ2n) is 7.09. The molecular formula is C23H20N4O3. The molecule has 150 valence electrons. The summed E-state index contributed by atoms with van der Waals surface area (Å²) in [5.74, 6) is 0. The third-order valence-corrected chi connectivity index (χ3v) is 5.32. The summed E-state index contributed by atoms with van der Waals surface area (Å²) in [6, 6.07) is 15.4. The molecule has 0 atom stereocenters. The van der Waals surface area contributed by atoms with Gasteiger partial charge in [-0.25, -0.2) is 9.59 Å². The molecular weight excluding hydrogens is 380 g/mol. The Bertz CT molecular complexity index is 1460. The quantitative estimate of drug-likeness (QED) is 0.465. The van der Waals surface area contributed by atoms with E-state index >= 15 is 0 Å². The van der Waals surface area contributed by atoms with Crippen molar-refractivity contribution in [3.05, 3.63) is 77.1 Å². The van der Waals surface area contributed by atoms with Crippen LogP contribution in [0.15, 0.2) is 65.7 Å². The number of para-hydroxylation sites is 2. The lowest BCUT2D eigenvalue weighted by atomic mass is 10.1. The van der Waals surface area contributed by atoms with Crippen molar-refractivity contribution in [3.8, 4) is 16.9 Å². The van der Waals surface area contributed by atoms with E-state index in [9.17, 15) is 9.59 Å². The van der Waals surface area contributed by atoms with Crippen LogP contribution in [0.3, 0.4) is 0 Å². The Morgan fingerprint density at radius 3 is 2.60 bits per heavy atom. The summed E-state index contributed by atoms with van der Waals surface area (Å²) in [6.45, 7) is 3.91. The highest BCUT2D eigenvalue weighted by Crippen LogP contribution is 2.33. The van der Waals surface area contributed by atoms with Crippen LogP contribution in [0.4, 0.5) is 4.79 Å². The molecule has 0 radical (unpaired) electrons. The number of imidazole rings is 1. The van der Waals surface area contributed by atoms with Crippen molar-refractivity contribution in [1.29, 1.82) is 0 Å². The van der Waals surface area contributed by atoms with Crippen molar-refractivity contribution >= 4 is 27.9 Å². The highest BCUT2D eigenvalue weighted by atomic mass is 16.5. The minimum absolute atomic E-state index is 0.264. The number of benzene rings is 2. The van der Waals surface area contributed by atoms with E-state index in [1.54, 1.807) is 17.7 Å². The van der Waals surface area contributed by atoms with Gasteiger partial charge in [0, 0.05) is 39.9 Å². The van der Waals surface area contributed by atoms with Crippen LogP contribution in [0.2, 0.25) is 0 Å². The SMILES string of the molecule is CCOC(=O)n1cc(-n2c(-c3c[nH]c4ccccc34)c(C)[nH]c2=O)c2ccccc21. The Kier molecular flexibility index (Phi) is 4.10. The molecule has 0 unspecified atom stereocenters. The molecule has 0 fully saturated rings. The number of H-pyrrole nitrogens is 2. The second-order valence-corrected chi connectivity index (χ2v) is 7.09. The molecule has 7 nitrogen and oxygen atoms in total. The summed E-state index contributed by atoms with van der Waals surface area (Å²) in [5.41, 5.74) is 4.44. The zero-order valence-corrected chi connectivity index (χ0v) is 16.6.